The van der Waals surface area contributed by atoms with E-state index in [9.17, 15) is 0 Å². The molecule has 6 nitrogen and oxygen atoms in total. The third-order valence-corrected chi connectivity index (χ3v) is 6.56. The molecule has 8 heteroatoms. The molecule has 1 N–H and O–H groups in total. The van der Waals surface area contributed by atoms with E-state index in [-0.39, 0.29) is 12.1 Å². The summed E-state index contributed by atoms with van der Waals surface area (Å²) in [6.07, 6.45) is 3.85. The molecule has 0 saturated carbocycles. The van der Waals surface area contributed by atoms with E-state index < -0.39 is 0 Å². The van der Waals surface area contributed by atoms with Crippen molar-refractivity contribution in [1.29, 1.82) is 0 Å². The number of pyridine rings is 1. The minimum atomic E-state index is -0.177. The molecule has 172 valence electrons. The summed E-state index contributed by atoms with van der Waals surface area (Å²) in [5.74, 6) is 1.42. The summed E-state index contributed by atoms with van der Waals surface area (Å²) in [6, 6.07) is 23.4. The Labute approximate surface area is 208 Å². The van der Waals surface area contributed by atoms with Gasteiger partial charge in [-0.2, -0.15) is 0 Å². The second-order valence-corrected chi connectivity index (χ2v) is 8.61. The lowest BCUT2D eigenvalue weighted by molar-refractivity contribution is 0.414. The van der Waals surface area contributed by atoms with Crippen LogP contribution in [0.25, 0.3) is 5.69 Å². The Hall–Kier alpha value is -3.55. The Morgan fingerprint density at radius 3 is 2.41 bits per heavy atom. The Bertz CT molecular complexity index is 1310. The second kappa shape index (κ2) is 9.37. The molecule has 0 amide bonds. The summed E-state index contributed by atoms with van der Waals surface area (Å²) < 4.78 is 12.8. The monoisotopic (exact) mass is 490 g/mol. The number of thiocarbonyl (C=S) groups is 1. The number of benzene rings is 2. The maximum absolute atomic E-state index is 6.49. The molecule has 1 fully saturated rings. The van der Waals surface area contributed by atoms with E-state index >= 15 is 0 Å². The number of hydrogen-bond donors (Lipinski definition) is 1. The summed E-state index contributed by atoms with van der Waals surface area (Å²) in [7, 11) is 3.27. The summed E-state index contributed by atoms with van der Waals surface area (Å²) >= 11 is 12.3. The highest BCUT2D eigenvalue weighted by Gasteiger charge is 2.42. The molecular formula is C26H23ClN4O2S. The van der Waals surface area contributed by atoms with Crippen LogP contribution in [0.1, 0.15) is 23.5 Å². The highest BCUT2D eigenvalue weighted by atomic mass is 35.5. The number of nitrogens with one attached hydrogen (secondary N) is 1. The van der Waals surface area contributed by atoms with Crippen LogP contribution in [0.15, 0.2) is 85.2 Å². The van der Waals surface area contributed by atoms with Crippen molar-refractivity contribution >= 4 is 34.6 Å². The zero-order valence-electron chi connectivity index (χ0n) is 18.7. The van der Waals surface area contributed by atoms with E-state index in [1.165, 1.54) is 0 Å². The maximum Gasteiger partial charge on any atom is 0.174 e. The molecule has 0 spiro atoms. The largest absolute Gasteiger partial charge is 0.497 e. The van der Waals surface area contributed by atoms with Gasteiger partial charge in [0.15, 0.2) is 5.11 Å². The number of halogens is 1. The third kappa shape index (κ3) is 3.97. The minimum absolute atomic E-state index is 0.165. The van der Waals surface area contributed by atoms with Crippen molar-refractivity contribution in [1.82, 2.24) is 14.9 Å². The van der Waals surface area contributed by atoms with Crippen LogP contribution in [0.3, 0.4) is 0 Å². The van der Waals surface area contributed by atoms with Crippen molar-refractivity contribution in [2.24, 2.45) is 0 Å². The molecule has 1 saturated heterocycles. The van der Waals surface area contributed by atoms with Crippen LogP contribution in [-0.4, -0.2) is 28.9 Å². The lowest BCUT2D eigenvalue weighted by Crippen LogP contribution is -2.30. The predicted molar refractivity (Wildman–Crippen MR) is 138 cm³/mol. The molecule has 4 aromatic rings. The second-order valence-electron chi connectivity index (χ2n) is 7.82. The molecule has 2 atom stereocenters. The van der Waals surface area contributed by atoms with Gasteiger partial charge in [0.25, 0.3) is 0 Å². The van der Waals surface area contributed by atoms with E-state index in [1.807, 2.05) is 72.9 Å². The van der Waals surface area contributed by atoms with Gasteiger partial charge in [0.05, 0.1) is 31.0 Å². The summed E-state index contributed by atoms with van der Waals surface area (Å²) in [5.41, 5.74) is 3.85. The fourth-order valence-electron chi connectivity index (χ4n) is 4.35. The third-order valence-electron chi connectivity index (χ3n) is 5.95. The molecule has 5 rings (SSSR count). The van der Waals surface area contributed by atoms with Crippen LogP contribution in [0.5, 0.6) is 11.5 Å². The van der Waals surface area contributed by atoms with Gasteiger partial charge >= 0.3 is 0 Å². The van der Waals surface area contributed by atoms with Crippen LogP contribution in [0.2, 0.25) is 5.02 Å². The van der Waals surface area contributed by atoms with Crippen molar-refractivity contribution in [2.75, 3.05) is 19.1 Å². The first-order valence-electron chi connectivity index (χ1n) is 10.8. The molecule has 0 radical (unpaired) electrons. The van der Waals surface area contributed by atoms with Gasteiger partial charge in [0.1, 0.15) is 17.5 Å². The SMILES string of the molecule is COc1ccc(-n2cccc2[C@H]2[C@@H](c3ccccn3)NC(=S)N2c2ccc(OC)c(Cl)c2)cc1. The molecule has 1 aliphatic rings. The molecular weight excluding hydrogens is 468 g/mol. The zero-order chi connectivity index (χ0) is 23.7. The quantitative estimate of drug-likeness (QED) is 0.349. The molecule has 0 aliphatic carbocycles. The van der Waals surface area contributed by atoms with E-state index in [4.69, 9.17) is 33.3 Å². The number of methoxy groups -OCH3 is 2. The van der Waals surface area contributed by atoms with Crippen molar-refractivity contribution in [3.8, 4) is 17.2 Å². The highest BCUT2D eigenvalue weighted by Crippen LogP contribution is 2.43. The smallest absolute Gasteiger partial charge is 0.174 e. The number of anilines is 1. The molecule has 2 aromatic heterocycles. The van der Waals surface area contributed by atoms with Gasteiger partial charge in [-0.05, 0) is 78.9 Å². The van der Waals surface area contributed by atoms with Gasteiger partial charge in [-0.1, -0.05) is 17.7 Å². The van der Waals surface area contributed by atoms with Crippen LogP contribution >= 0.6 is 23.8 Å². The van der Waals surface area contributed by atoms with E-state index in [1.54, 1.807) is 20.4 Å². The van der Waals surface area contributed by atoms with Crippen LogP contribution in [-0.2, 0) is 0 Å². The van der Waals surface area contributed by atoms with Gasteiger partial charge in [-0.25, -0.2) is 0 Å². The first-order valence-corrected chi connectivity index (χ1v) is 11.5. The summed E-state index contributed by atoms with van der Waals surface area (Å²) in [6.45, 7) is 0. The number of ether oxygens (including phenoxy) is 2. The number of rotatable bonds is 6. The molecule has 0 unspecified atom stereocenters. The standard InChI is InChI=1S/C26H23ClN4O2S/c1-32-19-11-8-17(9-12-19)30-15-5-7-22(30)25-24(21-6-3-4-14-28-21)29-26(34)31(25)18-10-13-23(33-2)20(27)16-18/h3-16,24-25H,1-2H3,(H,29,34)/t24-,25+/m1/s1. The first kappa shape index (κ1) is 22.3. The summed E-state index contributed by atoms with van der Waals surface area (Å²) in [4.78, 5) is 6.73. The Morgan fingerprint density at radius 1 is 0.941 bits per heavy atom. The fourth-order valence-corrected chi connectivity index (χ4v) is 4.95. The number of nitrogens with zero attached hydrogens (tertiary/aromatic N) is 3. The van der Waals surface area contributed by atoms with Crippen molar-refractivity contribution in [3.05, 3.63) is 102 Å². The molecule has 0 bridgehead atoms. The Balaban J connectivity index is 1.64. The van der Waals surface area contributed by atoms with Crippen LogP contribution < -0.4 is 19.7 Å². The fraction of sp³-hybridized carbons (Fsp3) is 0.154. The van der Waals surface area contributed by atoms with E-state index in [0.717, 1.165) is 28.5 Å². The van der Waals surface area contributed by atoms with Crippen LogP contribution in [0.4, 0.5) is 5.69 Å². The molecule has 3 heterocycles. The van der Waals surface area contributed by atoms with Crippen LogP contribution in [0, 0.1) is 0 Å². The molecule has 2 aromatic carbocycles. The summed E-state index contributed by atoms with van der Waals surface area (Å²) in [5, 5.41) is 4.61. The van der Waals surface area contributed by atoms with Crippen molar-refractivity contribution in [3.63, 3.8) is 0 Å². The zero-order valence-corrected chi connectivity index (χ0v) is 20.3. The number of aromatic nitrogens is 2. The topological polar surface area (TPSA) is 51.5 Å². The van der Waals surface area contributed by atoms with Crippen molar-refractivity contribution in [2.45, 2.75) is 12.1 Å². The van der Waals surface area contributed by atoms with Gasteiger partial charge in [-0.3, -0.25) is 4.98 Å². The van der Waals surface area contributed by atoms with Gasteiger partial charge < -0.3 is 24.3 Å². The highest BCUT2D eigenvalue weighted by molar-refractivity contribution is 7.80. The van der Waals surface area contributed by atoms with Gasteiger partial charge in [0.2, 0.25) is 0 Å². The van der Waals surface area contributed by atoms with Gasteiger partial charge in [0, 0.05) is 29.5 Å². The normalized spacial score (nSPS) is 17.5. The average Bonchev–Trinajstić information content (AvgIpc) is 3.49. The Kier molecular flexibility index (Phi) is 6.13. The predicted octanol–water partition coefficient (Wildman–Crippen LogP) is 5.72. The lowest BCUT2D eigenvalue weighted by atomic mass is 10.0. The number of hydrogen-bond acceptors (Lipinski definition) is 4. The van der Waals surface area contributed by atoms with Gasteiger partial charge in [-0.15, -0.1) is 0 Å². The van der Waals surface area contributed by atoms with Crippen molar-refractivity contribution < 1.29 is 9.47 Å². The molecule has 34 heavy (non-hydrogen) atoms. The van der Waals surface area contributed by atoms with E-state index in [0.29, 0.717) is 15.9 Å². The minimum Gasteiger partial charge on any atom is -0.497 e. The first-order chi connectivity index (χ1) is 16.6. The molecule has 1 aliphatic heterocycles. The Morgan fingerprint density at radius 2 is 1.74 bits per heavy atom. The average molecular weight is 491 g/mol. The lowest BCUT2D eigenvalue weighted by Gasteiger charge is -2.29. The maximum atomic E-state index is 6.49. The van der Waals surface area contributed by atoms with E-state index in [2.05, 4.69) is 25.8 Å².